The monoisotopic (exact) mass is 407 g/mol. The van der Waals surface area contributed by atoms with Crippen molar-refractivity contribution in [3.8, 4) is 33.3 Å². The molecule has 0 amide bonds. The number of benzene rings is 3. The van der Waals surface area contributed by atoms with Gasteiger partial charge < -0.3 is 5.32 Å². The van der Waals surface area contributed by atoms with Gasteiger partial charge in [0.2, 0.25) is 5.13 Å². The van der Waals surface area contributed by atoms with Crippen LogP contribution in [0.5, 0.6) is 0 Å². The highest BCUT2D eigenvalue weighted by Crippen LogP contribution is 2.30. The molecule has 5 nitrogen and oxygen atoms in total. The summed E-state index contributed by atoms with van der Waals surface area (Å²) in [5.41, 5.74) is 4.74. The first-order chi connectivity index (χ1) is 14.8. The van der Waals surface area contributed by atoms with Gasteiger partial charge in [0, 0.05) is 16.8 Å². The van der Waals surface area contributed by atoms with Crippen molar-refractivity contribution in [2.24, 2.45) is 0 Å². The summed E-state index contributed by atoms with van der Waals surface area (Å²) < 4.78 is 0. The van der Waals surface area contributed by atoms with Gasteiger partial charge in [-0.1, -0.05) is 90.2 Å². The smallest absolute Gasteiger partial charge is 0.210 e. The molecule has 0 aliphatic heterocycles. The van der Waals surface area contributed by atoms with E-state index in [4.69, 9.17) is 9.97 Å². The van der Waals surface area contributed by atoms with E-state index in [0.717, 1.165) is 28.2 Å². The van der Waals surface area contributed by atoms with Crippen LogP contribution in [0.1, 0.15) is 0 Å². The van der Waals surface area contributed by atoms with Crippen LogP contribution in [-0.2, 0) is 0 Å². The average molecular weight is 408 g/mol. The minimum absolute atomic E-state index is 0.564. The zero-order chi connectivity index (χ0) is 20.2. The molecule has 0 saturated heterocycles. The Balaban J connectivity index is 1.56. The van der Waals surface area contributed by atoms with E-state index < -0.39 is 0 Å². The molecule has 0 unspecified atom stereocenters. The largest absolute Gasteiger partial charge is 0.330 e. The molecule has 30 heavy (non-hydrogen) atoms. The SMILES string of the molecule is c1ccc(Nc2nnc(-c3nc(-c4ccccc4)cc(-c4ccccc4)n3)s2)cc1. The second-order valence-electron chi connectivity index (χ2n) is 6.60. The average Bonchev–Trinajstić information content (AvgIpc) is 3.29. The number of rotatable bonds is 5. The van der Waals surface area contributed by atoms with Crippen molar-refractivity contribution in [3.05, 3.63) is 97.1 Å². The van der Waals surface area contributed by atoms with Gasteiger partial charge in [0.15, 0.2) is 10.8 Å². The number of para-hydroxylation sites is 1. The van der Waals surface area contributed by atoms with Gasteiger partial charge >= 0.3 is 0 Å². The maximum atomic E-state index is 4.79. The Labute approximate surface area is 178 Å². The highest BCUT2D eigenvalue weighted by molar-refractivity contribution is 7.18. The number of hydrogen-bond acceptors (Lipinski definition) is 6. The van der Waals surface area contributed by atoms with Crippen molar-refractivity contribution >= 4 is 22.2 Å². The number of anilines is 2. The van der Waals surface area contributed by atoms with Gasteiger partial charge in [0.1, 0.15) is 0 Å². The lowest BCUT2D eigenvalue weighted by Gasteiger charge is -2.07. The summed E-state index contributed by atoms with van der Waals surface area (Å²) in [7, 11) is 0. The molecule has 0 saturated carbocycles. The molecule has 144 valence electrons. The molecule has 5 rings (SSSR count). The van der Waals surface area contributed by atoms with Crippen LogP contribution in [0, 0.1) is 0 Å². The summed E-state index contributed by atoms with van der Waals surface area (Å²) in [6, 6.07) is 32.1. The minimum atomic E-state index is 0.564. The molecule has 3 aromatic carbocycles. The van der Waals surface area contributed by atoms with E-state index in [2.05, 4.69) is 15.5 Å². The Morgan fingerprint density at radius 3 is 1.70 bits per heavy atom. The van der Waals surface area contributed by atoms with Gasteiger partial charge in [-0.3, -0.25) is 0 Å². The third-order valence-electron chi connectivity index (χ3n) is 4.51. The summed E-state index contributed by atoms with van der Waals surface area (Å²) in [5.74, 6) is 0.564. The standard InChI is InChI=1S/C24H17N5S/c1-4-10-17(11-5-1)20-16-21(18-12-6-2-7-13-18)27-22(26-20)23-28-29-24(30-23)25-19-14-8-3-9-15-19/h1-16H,(H,25,29). The molecule has 6 heteroatoms. The molecule has 0 radical (unpaired) electrons. The van der Waals surface area contributed by atoms with Crippen LogP contribution in [-0.4, -0.2) is 20.2 Å². The predicted octanol–water partition coefficient (Wildman–Crippen LogP) is 6.07. The fourth-order valence-corrected chi connectivity index (χ4v) is 3.76. The molecule has 2 aromatic heterocycles. The summed E-state index contributed by atoms with van der Waals surface area (Å²) in [6.07, 6.45) is 0. The van der Waals surface area contributed by atoms with Gasteiger partial charge in [-0.2, -0.15) is 0 Å². The van der Waals surface area contributed by atoms with Crippen LogP contribution in [0.15, 0.2) is 97.1 Å². The van der Waals surface area contributed by atoms with Crippen LogP contribution in [0.25, 0.3) is 33.3 Å². The normalized spacial score (nSPS) is 10.7. The molecule has 2 heterocycles. The number of hydrogen-bond donors (Lipinski definition) is 1. The highest BCUT2D eigenvalue weighted by Gasteiger charge is 2.14. The van der Waals surface area contributed by atoms with Crippen LogP contribution < -0.4 is 5.32 Å². The number of nitrogens with one attached hydrogen (secondary N) is 1. The van der Waals surface area contributed by atoms with Crippen LogP contribution in [0.2, 0.25) is 0 Å². The van der Waals surface area contributed by atoms with Gasteiger partial charge in [0.25, 0.3) is 0 Å². The van der Waals surface area contributed by atoms with Crippen molar-refractivity contribution in [2.45, 2.75) is 0 Å². The Kier molecular flexibility index (Phi) is 4.98. The van der Waals surface area contributed by atoms with E-state index in [0.29, 0.717) is 16.0 Å². The molecule has 0 fully saturated rings. The lowest BCUT2D eigenvalue weighted by atomic mass is 10.1. The van der Waals surface area contributed by atoms with E-state index in [-0.39, 0.29) is 0 Å². The van der Waals surface area contributed by atoms with Crippen molar-refractivity contribution < 1.29 is 0 Å². The first-order valence-corrected chi connectivity index (χ1v) is 10.3. The Morgan fingerprint density at radius 2 is 1.13 bits per heavy atom. The topological polar surface area (TPSA) is 63.6 Å². The molecule has 5 aromatic rings. The van der Waals surface area contributed by atoms with Gasteiger partial charge in [-0.15, -0.1) is 10.2 Å². The van der Waals surface area contributed by atoms with Gasteiger partial charge in [0.05, 0.1) is 11.4 Å². The first kappa shape index (κ1) is 18.1. The second-order valence-corrected chi connectivity index (χ2v) is 7.57. The van der Waals surface area contributed by atoms with Gasteiger partial charge in [-0.25, -0.2) is 9.97 Å². The van der Waals surface area contributed by atoms with Crippen LogP contribution >= 0.6 is 11.3 Å². The van der Waals surface area contributed by atoms with Crippen molar-refractivity contribution in [1.82, 2.24) is 20.2 Å². The predicted molar refractivity (Wildman–Crippen MR) is 122 cm³/mol. The molecular weight excluding hydrogens is 390 g/mol. The Morgan fingerprint density at radius 1 is 0.600 bits per heavy atom. The second kappa shape index (κ2) is 8.23. The zero-order valence-corrected chi connectivity index (χ0v) is 16.8. The zero-order valence-electron chi connectivity index (χ0n) is 15.9. The maximum Gasteiger partial charge on any atom is 0.210 e. The van der Waals surface area contributed by atoms with Gasteiger partial charge in [-0.05, 0) is 18.2 Å². The first-order valence-electron chi connectivity index (χ1n) is 9.51. The summed E-state index contributed by atoms with van der Waals surface area (Å²) in [4.78, 5) is 9.58. The van der Waals surface area contributed by atoms with E-state index in [9.17, 15) is 0 Å². The molecule has 0 bridgehead atoms. The minimum Gasteiger partial charge on any atom is -0.330 e. The third-order valence-corrected chi connectivity index (χ3v) is 5.34. The van der Waals surface area contributed by atoms with Crippen molar-refractivity contribution in [3.63, 3.8) is 0 Å². The molecule has 0 spiro atoms. The molecule has 0 aliphatic carbocycles. The fraction of sp³-hybridized carbons (Fsp3) is 0. The van der Waals surface area contributed by atoms with Crippen LogP contribution in [0.3, 0.4) is 0 Å². The Hall–Kier alpha value is -3.90. The fourth-order valence-electron chi connectivity index (χ4n) is 3.07. The summed E-state index contributed by atoms with van der Waals surface area (Å²) >= 11 is 1.43. The van der Waals surface area contributed by atoms with E-state index in [1.807, 2.05) is 97.1 Å². The van der Waals surface area contributed by atoms with E-state index in [1.54, 1.807) is 0 Å². The maximum absolute atomic E-state index is 4.79. The quantitative estimate of drug-likeness (QED) is 0.383. The number of aromatic nitrogens is 4. The van der Waals surface area contributed by atoms with Crippen molar-refractivity contribution in [2.75, 3.05) is 5.32 Å². The lowest BCUT2D eigenvalue weighted by Crippen LogP contribution is -1.95. The summed E-state index contributed by atoms with van der Waals surface area (Å²) in [5, 5.41) is 13.2. The van der Waals surface area contributed by atoms with Crippen molar-refractivity contribution in [1.29, 1.82) is 0 Å². The van der Waals surface area contributed by atoms with E-state index in [1.165, 1.54) is 11.3 Å². The molecular formula is C24H17N5S. The molecule has 0 atom stereocenters. The molecule has 0 aliphatic rings. The van der Waals surface area contributed by atoms with E-state index >= 15 is 0 Å². The third kappa shape index (κ3) is 3.94. The van der Waals surface area contributed by atoms with Crippen LogP contribution in [0.4, 0.5) is 10.8 Å². The lowest BCUT2D eigenvalue weighted by molar-refractivity contribution is 1.07. The Bertz CT molecular complexity index is 1200. The number of nitrogens with zero attached hydrogens (tertiary/aromatic N) is 4. The highest BCUT2D eigenvalue weighted by atomic mass is 32.1. The molecule has 1 N–H and O–H groups in total. The summed E-state index contributed by atoms with van der Waals surface area (Å²) in [6.45, 7) is 0.